The van der Waals surface area contributed by atoms with Gasteiger partial charge in [0.1, 0.15) is 5.69 Å². The van der Waals surface area contributed by atoms with Gasteiger partial charge in [-0.2, -0.15) is 9.78 Å². The summed E-state index contributed by atoms with van der Waals surface area (Å²) in [5.41, 5.74) is 9.36. The monoisotopic (exact) mass is 255 g/mol. The molecule has 0 atom stereocenters. The maximum Gasteiger partial charge on any atom is 0.189 e. The van der Waals surface area contributed by atoms with Gasteiger partial charge in [0.2, 0.25) is 0 Å². The van der Waals surface area contributed by atoms with Crippen molar-refractivity contribution in [3.05, 3.63) is 36.2 Å². The molecule has 0 fully saturated rings. The largest absolute Gasteiger partial charge is 0.398 e. The van der Waals surface area contributed by atoms with Crippen LogP contribution in [-0.4, -0.2) is 30.0 Å². The second kappa shape index (κ2) is 4.20. The number of aromatic nitrogens is 6. The van der Waals surface area contributed by atoms with E-state index < -0.39 is 0 Å². The molecule has 96 valence electrons. The standard InChI is InChI=1S/C12H13N7/c1-8-4-3-5-10(13)11(8)12-15-16-17-19(12)9-6-14-18(2)7-9/h3-7H,13H2,1-2H3. The summed E-state index contributed by atoms with van der Waals surface area (Å²) in [5, 5.41) is 15.9. The topological polar surface area (TPSA) is 87.4 Å². The van der Waals surface area contributed by atoms with Crippen LogP contribution < -0.4 is 5.73 Å². The van der Waals surface area contributed by atoms with Crippen LogP contribution in [-0.2, 0) is 7.05 Å². The zero-order chi connectivity index (χ0) is 13.4. The molecule has 3 aromatic rings. The molecule has 0 unspecified atom stereocenters. The minimum Gasteiger partial charge on any atom is -0.398 e. The molecule has 19 heavy (non-hydrogen) atoms. The van der Waals surface area contributed by atoms with E-state index in [4.69, 9.17) is 5.73 Å². The molecule has 0 aliphatic carbocycles. The quantitative estimate of drug-likeness (QED) is 0.689. The first-order chi connectivity index (χ1) is 9.16. The molecule has 7 nitrogen and oxygen atoms in total. The van der Waals surface area contributed by atoms with Crippen LogP contribution in [0.4, 0.5) is 5.69 Å². The first kappa shape index (κ1) is 11.4. The molecule has 2 aromatic heterocycles. The van der Waals surface area contributed by atoms with Crippen molar-refractivity contribution >= 4 is 5.69 Å². The molecule has 0 spiro atoms. The molecule has 0 saturated heterocycles. The average molecular weight is 255 g/mol. The van der Waals surface area contributed by atoms with Gasteiger partial charge in [0.25, 0.3) is 0 Å². The lowest BCUT2D eigenvalue weighted by Gasteiger charge is -2.08. The Kier molecular flexibility index (Phi) is 2.52. The van der Waals surface area contributed by atoms with Crippen LogP contribution in [0.5, 0.6) is 0 Å². The van der Waals surface area contributed by atoms with Gasteiger partial charge in [-0.1, -0.05) is 12.1 Å². The number of benzene rings is 1. The molecule has 2 heterocycles. The summed E-state index contributed by atoms with van der Waals surface area (Å²) < 4.78 is 3.33. The highest BCUT2D eigenvalue weighted by atomic mass is 15.5. The van der Waals surface area contributed by atoms with E-state index in [1.165, 1.54) is 0 Å². The SMILES string of the molecule is Cc1cccc(N)c1-c1nnnn1-c1cnn(C)c1. The van der Waals surface area contributed by atoms with Gasteiger partial charge in [-0.05, 0) is 29.0 Å². The first-order valence-electron chi connectivity index (χ1n) is 5.79. The van der Waals surface area contributed by atoms with Gasteiger partial charge in [-0.3, -0.25) is 4.68 Å². The van der Waals surface area contributed by atoms with Gasteiger partial charge < -0.3 is 5.73 Å². The van der Waals surface area contributed by atoms with Crippen LogP contribution in [0.25, 0.3) is 17.1 Å². The second-order valence-electron chi connectivity index (χ2n) is 4.33. The summed E-state index contributed by atoms with van der Waals surface area (Å²) in [4.78, 5) is 0. The van der Waals surface area contributed by atoms with Crippen LogP contribution >= 0.6 is 0 Å². The summed E-state index contributed by atoms with van der Waals surface area (Å²) in [6.07, 6.45) is 3.54. The maximum absolute atomic E-state index is 6.04. The van der Waals surface area contributed by atoms with Crippen LogP contribution in [0, 0.1) is 6.92 Å². The van der Waals surface area contributed by atoms with E-state index in [2.05, 4.69) is 20.6 Å². The zero-order valence-corrected chi connectivity index (χ0v) is 10.6. The third-order valence-electron chi connectivity index (χ3n) is 2.93. The van der Waals surface area contributed by atoms with Gasteiger partial charge in [-0.15, -0.1) is 5.10 Å². The number of hydrogen-bond donors (Lipinski definition) is 1. The van der Waals surface area contributed by atoms with E-state index in [1.807, 2.05) is 38.4 Å². The van der Waals surface area contributed by atoms with Crippen molar-refractivity contribution in [1.82, 2.24) is 30.0 Å². The molecule has 1 aromatic carbocycles. The molecule has 3 rings (SSSR count). The minimum atomic E-state index is 0.614. The Hall–Kier alpha value is -2.70. The van der Waals surface area contributed by atoms with E-state index in [9.17, 15) is 0 Å². The van der Waals surface area contributed by atoms with Crippen molar-refractivity contribution in [1.29, 1.82) is 0 Å². The lowest BCUT2D eigenvalue weighted by Crippen LogP contribution is -2.02. The first-order valence-corrected chi connectivity index (χ1v) is 5.79. The van der Waals surface area contributed by atoms with Crippen molar-refractivity contribution in [3.8, 4) is 17.1 Å². The Bertz CT molecular complexity index is 705. The summed E-state index contributed by atoms with van der Waals surface area (Å²) in [7, 11) is 1.84. The number of anilines is 1. The Morgan fingerprint density at radius 3 is 2.79 bits per heavy atom. The van der Waals surface area contributed by atoms with Gasteiger partial charge in [0.15, 0.2) is 5.82 Å². The van der Waals surface area contributed by atoms with Crippen molar-refractivity contribution in [3.63, 3.8) is 0 Å². The fourth-order valence-corrected chi connectivity index (χ4v) is 2.03. The van der Waals surface area contributed by atoms with Gasteiger partial charge in [0, 0.05) is 18.3 Å². The Morgan fingerprint density at radius 2 is 2.11 bits per heavy atom. The molecule has 2 N–H and O–H groups in total. The summed E-state index contributed by atoms with van der Waals surface area (Å²) in [5.74, 6) is 0.614. The molecule has 0 radical (unpaired) electrons. The minimum absolute atomic E-state index is 0.614. The molecular weight excluding hydrogens is 242 g/mol. The fraction of sp³-hybridized carbons (Fsp3) is 0.167. The van der Waals surface area contributed by atoms with Crippen LogP contribution in [0.2, 0.25) is 0 Å². The highest BCUT2D eigenvalue weighted by molar-refractivity contribution is 5.75. The van der Waals surface area contributed by atoms with E-state index >= 15 is 0 Å². The normalized spacial score (nSPS) is 10.8. The summed E-state index contributed by atoms with van der Waals surface area (Å²) in [6.45, 7) is 1.98. The number of aryl methyl sites for hydroxylation is 2. The number of hydrogen-bond acceptors (Lipinski definition) is 5. The average Bonchev–Trinajstić information content (AvgIpc) is 2.97. The molecule has 0 aliphatic heterocycles. The Labute approximate surface area is 109 Å². The van der Waals surface area contributed by atoms with E-state index in [-0.39, 0.29) is 0 Å². The maximum atomic E-state index is 6.04. The van der Waals surface area contributed by atoms with Crippen LogP contribution in [0.3, 0.4) is 0 Å². The Morgan fingerprint density at radius 1 is 1.26 bits per heavy atom. The fourth-order valence-electron chi connectivity index (χ4n) is 2.03. The molecule has 0 amide bonds. The highest BCUT2D eigenvalue weighted by Crippen LogP contribution is 2.28. The lowest BCUT2D eigenvalue weighted by molar-refractivity contribution is 0.762. The number of nitrogens with zero attached hydrogens (tertiary/aromatic N) is 6. The highest BCUT2D eigenvalue weighted by Gasteiger charge is 2.16. The van der Waals surface area contributed by atoms with E-state index in [0.717, 1.165) is 16.8 Å². The van der Waals surface area contributed by atoms with Gasteiger partial charge in [-0.25, -0.2) is 0 Å². The third kappa shape index (κ3) is 1.85. The van der Waals surface area contributed by atoms with Crippen molar-refractivity contribution in [2.24, 2.45) is 7.05 Å². The Balaban J connectivity index is 2.20. The van der Waals surface area contributed by atoms with Gasteiger partial charge in [0.05, 0.1) is 12.4 Å². The number of tetrazole rings is 1. The predicted molar refractivity (Wildman–Crippen MR) is 70.5 cm³/mol. The van der Waals surface area contributed by atoms with Crippen LogP contribution in [0.1, 0.15) is 5.56 Å². The number of nitrogens with two attached hydrogens (primary N) is 1. The van der Waals surface area contributed by atoms with Crippen molar-refractivity contribution < 1.29 is 0 Å². The van der Waals surface area contributed by atoms with Crippen molar-refractivity contribution in [2.75, 3.05) is 5.73 Å². The molecule has 0 bridgehead atoms. The summed E-state index contributed by atoms with van der Waals surface area (Å²) >= 11 is 0. The number of rotatable bonds is 2. The molecule has 0 saturated carbocycles. The van der Waals surface area contributed by atoms with Crippen molar-refractivity contribution in [2.45, 2.75) is 6.92 Å². The molecule has 7 heteroatoms. The third-order valence-corrected chi connectivity index (χ3v) is 2.93. The predicted octanol–water partition coefficient (Wildman–Crippen LogP) is 0.953. The molecular formula is C12H13N7. The second-order valence-corrected chi connectivity index (χ2v) is 4.33. The lowest BCUT2D eigenvalue weighted by atomic mass is 10.1. The molecule has 0 aliphatic rings. The summed E-state index contributed by atoms with van der Waals surface area (Å²) in [6, 6.07) is 5.73. The van der Waals surface area contributed by atoms with Crippen LogP contribution in [0.15, 0.2) is 30.6 Å². The van der Waals surface area contributed by atoms with E-state index in [0.29, 0.717) is 11.5 Å². The zero-order valence-electron chi connectivity index (χ0n) is 10.6. The van der Waals surface area contributed by atoms with E-state index in [1.54, 1.807) is 15.6 Å². The number of nitrogen functional groups attached to an aromatic ring is 1. The van der Waals surface area contributed by atoms with Gasteiger partial charge >= 0.3 is 0 Å². The smallest absolute Gasteiger partial charge is 0.189 e.